The maximum Gasteiger partial charge on any atom is 0.509 e. The van der Waals surface area contributed by atoms with E-state index in [1.54, 1.807) is 6.92 Å². The molecule has 0 aromatic carbocycles. The summed E-state index contributed by atoms with van der Waals surface area (Å²) in [7, 11) is 0. The summed E-state index contributed by atoms with van der Waals surface area (Å²) in [6, 6.07) is 0. The molecule has 0 unspecified atom stereocenters. The number of ether oxygens (including phenoxy) is 2. The van der Waals surface area contributed by atoms with E-state index in [1.165, 1.54) is 44.9 Å². The summed E-state index contributed by atoms with van der Waals surface area (Å²) in [5, 5.41) is 0. The van der Waals surface area contributed by atoms with Gasteiger partial charge >= 0.3 is 6.16 Å². The van der Waals surface area contributed by atoms with Crippen LogP contribution in [-0.4, -0.2) is 19.4 Å². The summed E-state index contributed by atoms with van der Waals surface area (Å²) in [4.78, 5) is 11.0. The Morgan fingerprint density at radius 2 is 1.47 bits per heavy atom. The SMILES string of the molecule is CC#CCOC(=O)OCCCCCCCCCCC. The molecule has 0 aliphatic heterocycles. The van der Waals surface area contributed by atoms with Crippen molar-refractivity contribution in [1.82, 2.24) is 0 Å². The van der Waals surface area contributed by atoms with Crippen LogP contribution in [0.25, 0.3) is 0 Å². The van der Waals surface area contributed by atoms with Gasteiger partial charge in [0.2, 0.25) is 0 Å². The minimum absolute atomic E-state index is 0.118. The van der Waals surface area contributed by atoms with E-state index in [-0.39, 0.29) is 6.61 Å². The van der Waals surface area contributed by atoms with E-state index in [9.17, 15) is 4.79 Å². The van der Waals surface area contributed by atoms with Crippen molar-refractivity contribution in [3.8, 4) is 11.8 Å². The summed E-state index contributed by atoms with van der Waals surface area (Å²) in [5.74, 6) is 5.29. The van der Waals surface area contributed by atoms with Gasteiger partial charge in [0, 0.05) is 0 Å². The minimum atomic E-state index is -0.609. The molecule has 0 aliphatic rings. The van der Waals surface area contributed by atoms with E-state index < -0.39 is 6.16 Å². The highest BCUT2D eigenvalue weighted by Gasteiger charge is 2.01. The van der Waals surface area contributed by atoms with Crippen LogP contribution >= 0.6 is 0 Å². The lowest BCUT2D eigenvalue weighted by atomic mass is 10.1. The molecule has 0 radical (unpaired) electrons. The molecule has 0 saturated heterocycles. The molecule has 0 bridgehead atoms. The average molecular weight is 268 g/mol. The molecule has 3 heteroatoms. The smallest absolute Gasteiger partial charge is 0.434 e. The van der Waals surface area contributed by atoms with Gasteiger partial charge in [0.15, 0.2) is 6.61 Å². The van der Waals surface area contributed by atoms with Crippen molar-refractivity contribution in [3.63, 3.8) is 0 Å². The van der Waals surface area contributed by atoms with Gasteiger partial charge < -0.3 is 9.47 Å². The summed E-state index contributed by atoms with van der Waals surface area (Å²) < 4.78 is 9.65. The third-order valence-corrected chi connectivity index (χ3v) is 2.91. The molecule has 0 heterocycles. The first kappa shape index (κ1) is 17.8. The molecule has 3 nitrogen and oxygen atoms in total. The van der Waals surface area contributed by atoms with E-state index in [2.05, 4.69) is 18.8 Å². The van der Waals surface area contributed by atoms with Crippen LogP contribution < -0.4 is 0 Å². The van der Waals surface area contributed by atoms with Crippen molar-refractivity contribution >= 4 is 6.16 Å². The number of carbonyl (C=O) groups excluding carboxylic acids is 1. The number of hydrogen-bond donors (Lipinski definition) is 0. The molecular formula is C16H28O3. The standard InChI is InChI=1S/C16H28O3/c1-3-5-7-8-9-10-11-12-13-15-19-16(17)18-14-6-4-2/h3,5,7-15H2,1-2H3. The number of carbonyl (C=O) groups is 1. The Labute approximate surface area is 118 Å². The van der Waals surface area contributed by atoms with E-state index in [4.69, 9.17) is 9.47 Å². The zero-order valence-electron chi connectivity index (χ0n) is 12.5. The van der Waals surface area contributed by atoms with Crippen LogP contribution in [0.2, 0.25) is 0 Å². The predicted molar refractivity (Wildman–Crippen MR) is 78.0 cm³/mol. The van der Waals surface area contributed by atoms with Crippen LogP contribution in [0.1, 0.15) is 71.6 Å². The van der Waals surface area contributed by atoms with Crippen molar-refractivity contribution in [2.24, 2.45) is 0 Å². The first-order valence-electron chi connectivity index (χ1n) is 7.50. The Bertz CT molecular complexity index is 263. The lowest BCUT2D eigenvalue weighted by molar-refractivity contribution is 0.0632. The quantitative estimate of drug-likeness (QED) is 0.310. The molecule has 0 aromatic rings. The van der Waals surface area contributed by atoms with Crippen molar-refractivity contribution in [1.29, 1.82) is 0 Å². The third-order valence-electron chi connectivity index (χ3n) is 2.91. The van der Waals surface area contributed by atoms with Crippen LogP contribution in [0.15, 0.2) is 0 Å². The van der Waals surface area contributed by atoms with Gasteiger partial charge in [-0.2, -0.15) is 0 Å². The Kier molecular flexibility index (Phi) is 14.0. The molecule has 0 fully saturated rings. The van der Waals surface area contributed by atoms with Gasteiger partial charge in [-0.3, -0.25) is 0 Å². The average Bonchev–Trinajstić information content (AvgIpc) is 2.41. The maximum absolute atomic E-state index is 11.0. The second-order valence-electron chi connectivity index (χ2n) is 4.64. The van der Waals surface area contributed by atoms with Crippen molar-refractivity contribution in [2.75, 3.05) is 13.2 Å². The summed E-state index contributed by atoms with van der Waals surface area (Å²) in [5.41, 5.74) is 0. The highest BCUT2D eigenvalue weighted by Crippen LogP contribution is 2.09. The second-order valence-corrected chi connectivity index (χ2v) is 4.64. The Balaban J connectivity index is 3.13. The molecular weight excluding hydrogens is 240 g/mol. The highest BCUT2D eigenvalue weighted by atomic mass is 16.7. The zero-order valence-corrected chi connectivity index (χ0v) is 12.5. The van der Waals surface area contributed by atoms with E-state index in [1.807, 2.05) is 0 Å². The molecule has 0 N–H and O–H groups in total. The van der Waals surface area contributed by atoms with Crippen LogP contribution in [0.3, 0.4) is 0 Å². The van der Waals surface area contributed by atoms with Crippen LogP contribution in [0.5, 0.6) is 0 Å². The Hall–Kier alpha value is -1.17. The molecule has 0 amide bonds. The number of hydrogen-bond acceptors (Lipinski definition) is 3. The van der Waals surface area contributed by atoms with E-state index >= 15 is 0 Å². The molecule has 0 atom stereocenters. The third kappa shape index (κ3) is 14.8. The van der Waals surface area contributed by atoms with Crippen LogP contribution in [-0.2, 0) is 9.47 Å². The molecule has 0 aliphatic carbocycles. The van der Waals surface area contributed by atoms with Gasteiger partial charge in [-0.25, -0.2) is 4.79 Å². The highest BCUT2D eigenvalue weighted by molar-refractivity contribution is 5.60. The van der Waals surface area contributed by atoms with Crippen molar-refractivity contribution < 1.29 is 14.3 Å². The Morgan fingerprint density at radius 1 is 0.895 bits per heavy atom. The monoisotopic (exact) mass is 268 g/mol. The van der Waals surface area contributed by atoms with Crippen molar-refractivity contribution in [2.45, 2.75) is 71.6 Å². The van der Waals surface area contributed by atoms with Gasteiger partial charge in [-0.05, 0) is 13.3 Å². The summed E-state index contributed by atoms with van der Waals surface area (Å²) in [6.45, 7) is 4.51. The normalized spacial score (nSPS) is 9.58. The fourth-order valence-electron chi connectivity index (χ4n) is 1.78. The van der Waals surface area contributed by atoms with Gasteiger partial charge in [0.1, 0.15) is 0 Å². The van der Waals surface area contributed by atoms with E-state index in [0.717, 1.165) is 12.8 Å². The van der Waals surface area contributed by atoms with Gasteiger partial charge in [0.05, 0.1) is 6.61 Å². The number of rotatable bonds is 11. The van der Waals surface area contributed by atoms with E-state index in [0.29, 0.717) is 6.61 Å². The molecule has 0 rings (SSSR count). The second kappa shape index (κ2) is 14.9. The molecule has 19 heavy (non-hydrogen) atoms. The lowest BCUT2D eigenvalue weighted by Gasteiger charge is -2.04. The fourth-order valence-corrected chi connectivity index (χ4v) is 1.78. The molecule has 110 valence electrons. The topological polar surface area (TPSA) is 35.5 Å². The summed E-state index contributed by atoms with van der Waals surface area (Å²) in [6.07, 6.45) is 10.7. The number of unbranched alkanes of at least 4 members (excludes halogenated alkanes) is 8. The van der Waals surface area contributed by atoms with Crippen LogP contribution in [0.4, 0.5) is 4.79 Å². The first-order valence-corrected chi connectivity index (χ1v) is 7.50. The molecule has 0 aromatic heterocycles. The first-order chi connectivity index (χ1) is 9.31. The molecule has 0 spiro atoms. The van der Waals surface area contributed by atoms with Gasteiger partial charge in [-0.1, -0.05) is 64.2 Å². The predicted octanol–water partition coefficient (Wildman–Crippen LogP) is 4.69. The lowest BCUT2D eigenvalue weighted by Crippen LogP contribution is -2.08. The maximum atomic E-state index is 11.0. The molecule has 0 saturated carbocycles. The van der Waals surface area contributed by atoms with Gasteiger partial charge in [0.25, 0.3) is 0 Å². The van der Waals surface area contributed by atoms with Gasteiger partial charge in [-0.15, -0.1) is 5.92 Å². The Morgan fingerprint density at radius 3 is 2.05 bits per heavy atom. The van der Waals surface area contributed by atoms with Crippen molar-refractivity contribution in [3.05, 3.63) is 0 Å². The largest absolute Gasteiger partial charge is 0.509 e. The zero-order chi connectivity index (χ0) is 14.2. The van der Waals surface area contributed by atoms with Crippen LogP contribution in [0, 0.1) is 11.8 Å². The fraction of sp³-hybridized carbons (Fsp3) is 0.812. The minimum Gasteiger partial charge on any atom is -0.434 e. The summed E-state index contributed by atoms with van der Waals surface area (Å²) >= 11 is 0.